The van der Waals surface area contributed by atoms with Crippen molar-refractivity contribution in [1.82, 2.24) is 4.90 Å². The Bertz CT molecular complexity index is 448. The molecule has 1 unspecified atom stereocenters. The third-order valence-electron chi connectivity index (χ3n) is 3.53. The molecule has 5 heteroatoms. The van der Waals surface area contributed by atoms with Gasteiger partial charge in [-0.2, -0.15) is 8.78 Å². The Morgan fingerprint density at radius 2 is 2.05 bits per heavy atom. The number of halogens is 2. The van der Waals surface area contributed by atoms with Gasteiger partial charge < -0.3 is 5.21 Å². The molecule has 0 bridgehead atoms. The highest BCUT2D eigenvalue weighted by Crippen LogP contribution is 2.30. The van der Waals surface area contributed by atoms with E-state index < -0.39 is 5.92 Å². The summed E-state index contributed by atoms with van der Waals surface area (Å²) in [6.45, 7) is 2.61. The van der Waals surface area contributed by atoms with E-state index in [0.717, 1.165) is 0 Å². The molecule has 0 saturated carbocycles. The van der Waals surface area contributed by atoms with Crippen LogP contribution >= 0.6 is 0 Å². The highest BCUT2D eigenvalue weighted by atomic mass is 19.3. The van der Waals surface area contributed by atoms with Gasteiger partial charge in [-0.05, 0) is 0 Å². The first-order chi connectivity index (χ1) is 9.03. The van der Waals surface area contributed by atoms with E-state index in [-0.39, 0.29) is 18.0 Å². The Hall–Kier alpha value is -1.49. The van der Waals surface area contributed by atoms with Gasteiger partial charge in [0.1, 0.15) is 0 Å². The van der Waals surface area contributed by atoms with Crippen LogP contribution in [-0.2, 0) is 5.92 Å². The number of rotatable bonds is 3. The third-order valence-corrected chi connectivity index (χ3v) is 3.53. The Morgan fingerprint density at radius 1 is 1.37 bits per heavy atom. The van der Waals surface area contributed by atoms with Gasteiger partial charge in [0.05, 0.1) is 12.3 Å². The van der Waals surface area contributed by atoms with Gasteiger partial charge in [-0.15, -0.1) is 0 Å². The molecule has 0 radical (unpaired) electrons. The molecule has 1 aromatic carbocycles. The molecule has 1 atom stereocenters. The fraction of sp³-hybridized carbons (Fsp3) is 0.500. The molecule has 3 nitrogen and oxygen atoms in total. The Balaban J connectivity index is 2.02. The van der Waals surface area contributed by atoms with Crippen LogP contribution in [0.1, 0.15) is 18.9 Å². The molecule has 0 amide bonds. The molecule has 1 aliphatic heterocycles. The van der Waals surface area contributed by atoms with Crippen LogP contribution < -0.4 is 0 Å². The van der Waals surface area contributed by atoms with Crippen LogP contribution in [0.3, 0.4) is 0 Å². The van der Waals surface area contributed by atoms with Gasteiger partial charge in [0.25, 0.3) is 5.92 Å². The molecule has 1 aliphatic rings. The summed E-state index contributed by atoms with van der Waals surface area (Å²) in [5.74, 6) is -2.83. The summed E-state index contributed by atoms with van der Waals surface area (Å²) in [5.41, 5.74) is 0.739. The second kappa shape index (κ2) is 5.65. The topological polar surface area (TPSA) is 35.8 Å². The maximum atomic E-state index is 14.1. The van der Waals surface area contributed by atoms with Crippen molar-refractivity contribution in [3.63, 3.8) is 0 Å². The Labute approximate surface area is 111 Å². The van der Waals surface area contributed by atoms with Crippen molar-refractivity contribution in [1.29, 1.82) is 0 Å². The average molecular weight is 268 g/mol. The minimum atomic E-state index is -2.85. The molecular formula is C14H18F2N2O. The molecule has 104 valence electrons. The van der Waals surface area contributed by atoms with E-state index in [1.54, 1.807) is 23.1 Å². The monoisotopic (exact) mass is 268 g/mol. The maximum absolute atomic E-state index is 14.1. The van der Waals surface area contributed by atoms with Crippen LogP contribution in [0.4, 0.5) is 8.78 Å². The van der Waals surface area contributed by atoms with Crippen molar-refractivity contribution in [3.8, 4) is 0 Å². The van der Waals surface area contributed by atoms with Crippen molar-refractivity contribution in [2.45, 2.75) is 19.3 Å². The second-order valence-corrected chi connectivity index (χ2v) is 5.05. The summed E-state index contributed by atoms with van der Waals surface area (Å²) in [4.78, 5) is 1.73. The lowest BCUT2D eigenvalue weighted by molar-refractivity contribution is -0.0404. The van der Waals surface area contributed by atoms with Gasteiger partial charge >= 0.3 is 0 Å². The minimum absolute atomic E-state index is 0.0188. The molecule has 19 heavy (non-hydrogen) atoms. The van der Waals surface area contributed by atoms with E-state index in [2.05, 4.69) is 5.16 Å². The lowest BCUT2D eigenvalue weighted by atomic mass is 9.96. The van der Waals surface area contributed by atoms with E-state index in [1.807, 2.05) is 6.92 Å². The van der Waals surface area contributed by atoms with Gasteiger partial charge in [-0.1, -0.05) is 42.4 Å². The van der Waals surface area contributed by atoms with Gasteiger partial charge in [0.15, 0.2) is 0 Å². The van der Waals surface area contributed by atoms with Crippen molar-refractivity contribution < 1.29 is 14.0 Å². The van der Waals surface area contributed by atoms with Gasteiger partial charge in [-0.3, -0.25) is 4.90 Å². The summed E-state index contributed by atoms with van der Waals surface area (Å²) in [6, 6.07) is 7.88. The highest BCUT2D eigenvalue weighted by Gasteiger charge is 2.35. The first-order valence-corrected chi connectivity index (χ1v) is 6.39. The van der Waals surface area contributed by atoms with E-state index in [4.69, 9.17) is 5.21 Å². The predicted molar refractivity (Wildman–Crippen MR) is 69.8 cm³/mol. The lowest BCUT2D eigenvalue weighted by Gasteiger charge is -2.33. The fourth-order valence-corrected chi connectivity index (χ4v) is 2.45. The van der Waals surface area contributed by atoms with E-state index in [1.165, 1.54) is 12.1 Å². The second-order valence-electron chi connectivity index (χ2n) is 5.05. The molecule has 1 heterocycles. The molecule has 1 N–H and O–H groups in total. The minimum Gasteiger partial charge on any atom is -0.411 e. The third kappa shape index (κ3) is 3.29. The van der Waals surface area contributed by atoms with Crippen LogP contribution in [0.25, 0.3) is 0 Å². The zero-order valence-electron chi connectivity index (χ0n) is 10.9. The molecule has 0 spiro atoms. The largest absolute Gasteiger partial charge is 0.411 e. The van der Waals surface area contributed by atoms with Crippen LogP contribution in [0.2, 0.25) is 0 Å². The van der Waals surface area contributed by atoms with Crippen LogP contribution in [-0.4, -0.2) is 35.5 Å². The summed E-state index contributed by atoms with van der Waals surface area (Å²) >= 11 is 0. The van der Waals surface area contributed by atoms with E-state index in [0.29, 0.717) is 25.2 Å². The molecule has 2 rings (SSSR count). The van der Waals surface area contributed by atoms with Crippen LogP contribution in [0.5, 0.6) is 0 Å². The molecular weight excluding hydrogens is 250 g/mol. The average Bonchev–Trinajstić information content (AvgIpc) is 2.39. The summed E-state index contributed by atoms with van der Waals surface area (Å²) in [6.07, 6.45) is 0.544. The number of piperidine rings is 1. The summed E-state index contributed by atoms with van der Waals surface area (Å²) in [7, 11) is 0. The van der Waals surface area contributed by atoms with Crippen LogP contribution in [0, 0.1) is 5.92 Å². The Kier molecular flexibility index (Phi) is 4.14. The number of oxime groups is 1. The molecule has 1 aromatic rings. The van der Waals surface area contributed by atoms with E-state index >= 15 is 0 Å². The maximum Gasteiger partial charge on any atom is 0.285 e. The van der Waals surface area contributed by atoms with Crippen molar-refractivity contribution in [2.75, 3.05) is 19.6 Å². The van der Waals surface area contributed by atoms with Gasteiger partial charge in [-0.25, -0.2) is 0 Å². The predicted octanol–water partition coefficient (Wildman–Crippen LogP) is 2.95. The smallest absolute Gasteiger partial charge is 0.285 e. The standard InChI is InChI=1S/C14H18F2N2O/c1-11-9-18(8-7-13(11)17-19)10-14(15,16)12-5-3-2-4-6-12/h2-6,11,19H,7-10H2,1H3/b17-13+. The van der Waals surface area contributed by atoms with Gasteiger partial charge in [0.2, 0.25) is 0 Å². The zero-order valence-corrected chi connectivity index (χ0v) is 10.9. The summed E-state index contributed by atoms with van der Waals surface area (Å²) in [5, 5.41) is 12.0. The first kappa shape index (κ1) is 13.9. The van der Waals surface area contributed by atoms with Gasteiger partial charge in [0, 0.05) is 31.0 Å². The molecule has 1 fully saturated rings. The normalized spacial score (nSPS) is 23.7. The van der Waals surface area contributed by atoms with Crippen molar-refractivity contribution in [3.05, 3.63) is 35.9 Å². The number of hydrogen-bond donors (Lipinski definition) is 1. The number of hydrogen-bond acceptors (Lipinski definition) is 3. The molecule has 1 saturated heterocycles. The zero-order chi connectivity index (χ0) is 13.9. The van der Waals surface area contributed by atoms with Crippen LogP contribution in [0.15, 0.2) is 35.5 Å². The first-order valence-electron chi connectivity index (χ1n) is 6.39. The summed E-state index contributed by atoms with van der Waals surface area (Å²) < 4.78 is 28.3. The SMILES string of the molecule is CC1CN(CC(F)(F)c2ccccc2)CC/C1=N\O. The number of likely N-dealkylation sites (tertiary alicyclic amines) is 1. The van der Waals surface area contributed by atoms with Crippen molar-refractivity contribution in [2.24, 2.45) is 11.1 Å². The quantitative estimate of drug-likeness (QED) is 0.676. The number of alkyl halides is 2. The van der Waals surface area contributed by atoms with E-state index in [9.17, 15) is 8.78 Å². The lowest BCUT2D eigenvalue weighted by Crippen LogP contribution is -2.44. The molecule has 0 aromatic heterocycles. The fourth-order valence-electron chi connectivity index (χ4n) is 2.45. The Morgan fingerprint density at radius 3 is 2.63 bits per heavy atom. The van der Waals surface area contributed by atoms with Crippen molar-refractivity contribution >= 4 is 5.71 Å². The number of nitrogens with zero attached hydrogens (tertiary/aromatic N) is 2. The molecule has 0 aliphatic carbocycles. The number of benzene rings is 1. The highest BCUT2D eigenvalue weighted by molar-refractivity contribution is 5.86.